The van der Waals surface area contributed by atoms with Gasteiger partial charge in [0.2, 0.25) is 0 Å². The van der Waals surface area contributed by atoms with Gasteiger partial charge in [0.1, 0.15) is 18.2 Å². The van der Waals surface area contributed by atoms with Crippen molar-refractivity contribution in [1.29, 1.82) is 0 Å². The number of rotatable bonds is 8. The van der Waals surface area contributed by atoms with Gasteiger partial charge in [-0.3, -0.25) is 4.79 Å². The Kier molecular flexibility index (Phi) is 7.45. The van der Waals surface area contributed by atoms with Gasteiger partial charge in [0.15, 0.2) is 11.5 Å². The lowest BCUT2D eigenvalue weighted by Crippen LogP contribution is -2.17. The van der Waals surface area contributed by atoms with Crippen LogP contribution < -0.4 is 19.6 Å². The highest BCUT2D eigenvalue weighted by Crippen LogP contribution is 2.28. The molecule has 0 spiro atoms. The molecule has 6 nitrogen and oxygen atoms in total. The van der Waals surface area contributed by atoms with E-state index in [-0.39, 0.29) is 12.4 Å². The van der Waals surface area contributed by atoms with Gasteiger partial charge in [0.05, 0.1) is 25.5 Å². The van der Waals surface area contributed by atoms with E-state index in [1.807, 2.05) is 0 Å². The van der Waals surface area contributed by atoms with Crippen LogP contribution in [0.15, 0.2) is 65.8 Å². The average molecular weight is 443 g/mol. The second-order valence-corrected chi connectivity index (χ2v) is 6.78. The van der Waals surface area contributed by atoms with E-state index >= 15 is 0 Å². The molecule has 1 N–H and O–H groups in total. The second kappa shape index (κ2) is 10.4. The maximum absolute atomic E-state index is 13.2. The third kappa shape index (κ3) is 5.96. The molecular weight excluding hydrogens is 423 g/mol. The van der Waals surface area contributed by atoms with Gasteiger partial charge in [0, 0.05) is 5.56 Å². The molecule has 0 saturated heterocycles. The molecule has 3 rings (SSSR count). The average Bonchev–Trinajstić information content (AvgIpc) is 2.78. The van der Waals surface area contributed by atoms with Crippen LogP contribution in [0.5, 0.6) is 17.2 Å². The molecule has 3 aromatic rings. The summed E-state index contributed by atoms with van der Waals surface area (Å²) >= 11 is 6.25. The van der Waals surface area contributed by atoms with Crippen LogP contribution in [0.3, 0.4) is 0 Å². The van der Waals surface area contributed by atoms with Crippen LogP contribution in [0.4, 0.5) is 4.39 Å². The normalized spacial score (nSPS) is 10.7. The summed E-state index contributed by atoms with van der Waals surface area (Å²) in [5.74, 6) is 0.696. The predicted molar refractivity (Wildman–Crippen MR) is 117 cm³/mol. The van der Waals surface area contributed by atoms with Crippen molar-refractivity contribution >= 4 is 23.7 Å². The highest BCUT2D eigenvalue weighted by Gasteiger charge is 2.10. The van der Waals surface area contributed by atoms with Gasteiger partial charge in [-0.1, -0.05) is 23.7 Å². The summed E-state index contributed by atoms with van der Waals surface area (Å²) < 4.78 is 29.2. The molecule has 1 amide bonds. The molecule has 0 fully saturated rings. The molecule has 0 atom stereocenters. The van der Waals surface area contributed by atoms with Gasteiger partial charge in [0.25, 0.3) is 5.91 Å². The van der Waals surface area contributed by atoms with E-state index in [1.54, 1.807) is 48.5 Å². The van der Waals surface area contributed by atoms with Crippen LogP contribution in [0, 0.1) is 5.82 Å². The van der Waals surface area contributed by atoms with E-state index in [9.17, 15) is 9.18 Å². The summed E-state index contributed by atoms with van der Waals surface area (Å²) in [7, 11) is 3.01. The molecule has 8 heteroatoms. The lowest BCUT2D eigenvalue weighted by molar-refractivity contribution is 0.0954. The van der Waals surface area contributed by atoms with Gasteiger partial charge in [-0.05, 0) is 59.7 Å². The molecule has 0 aliphatic rings. The summed E-state index contributed by atoms with van der Waals surface area (Å²) in [4.78, 5) is 12.3. The smallest absolute Gasteiger partial charge is 0.271 e. The molecule has 0 radical (unpaired) electrons. The summed E-state index contributed by atoms with van der Waals surface area (Å²) in [6, 6.07) is 16.0. The van der Waals surface area contributed by atoms with Gasteiger partial charge < -0.3 is 14.2 Å². The van der Waals surface area contributed by atoms with E-state index in [4.69, 9.17) is 25.8 Å². The molecule has 160 valence electrons. The zero-order chi connectivity index (χ0) is 22.2. The van der Waals surface area contributed by atoms with Crippen molar-refractivity contribution in [2.45, 2.75) is 6.61 Å². The van der Waals surface area contributed by atoms with Crippen molar-refractivity contribution in [2.75, 3.05) is 14.2 Å². The number of amides is 1. The number of ether oxygens (including phenoxy) is 3. The minimum absolute atomic E-state index is 0.187. The van der Waals surface area contributed by atoms with Gasteiger partial charge in [-0.2, -0.15) is 5.10 Å². The number of methoxy groups -OCH3 is 2. The van der Waals surface area contributed by atoms with E-state index in [0.717, 1.165) is 0 Å². The number of hydrazone groups is 1. The number of carbonyl (C=O) groups is 1. The lowest BCUT2D eigenvalue weighted by Gasteiger charge is -2.09. The van der Waals surface area contributed by atoms with Gasteiger partial charge in [-0.15, -0.1) is 0 Å². The monoisotopic (exact) mass is 442 g/mol. The second-order valence-electron chi connectivity index (χ2n) is 6.38. The number of nitrogens with zero attached hydrogens (tertiary/aromatic N) is 1. The Bertz CT molecular complexity index is 1100. The van der Waals surface area contributed by atoms with Crippen LogP contribution in [0.2, 0.25) is 5.02 Å². The minimum Gasteiger partial charge on any atom is -0.493 e. The van der Waals surface area contributed by atoms with Crippen molar-refractivity contribution in [3.05, 3.63) is 88.2 Å². The first-order valence-electron chi connectivity index (χ1n) is 9.22. The fourth-order valence-corrected chi connectivity index (χ4v) is 2.95. The summed E-state index contributed by atoms with van der Waals surface area (Å²) in [6.45, 7) is 0.187. The first-order chi connectivity index (χ1) is 15.0. The van der Waals surface area contributed by atoms with Crippen LogP contribution in [0.25, 0.3) is 0 Å². The Morgan fingerprint density at radius 1 is 1.03 bits per heavy atom. The number of benzene rings is 3. The Labute approximate surface area is 184 Å². The summed E-state index contributed by atoms with van der Waals surface area (Å²) in [6.07, 6.45) is 1.46. The maximum Gasteiger partial charge on any atom is 0.271 e. The van der Waals surface area contributed by atoms with Crippen LogP contribution in [-0.2, 0) is 6.61 Å². The Hall–Kier alpha value is -3.58. The molecule has 0 heterocycles. The highest BCUT2D eigenvalue weighted by atomic mass is 35.5. The van der Waals surface area contributed by atoms with Crippen molar-refractivity contribution < 1.29 is 23.4 Å². The Morgan fingerprint density at radius 3 is 2.52 bits per heavy atom. The fourth-order valence-electron chi connectivity index (χ4n) is 2.71. The first-order valence-corrected chi connectivity index (χ1v) is 9.60. The highest BCUT2D eigenvalue weighted by molar-refractivity contribution is 6.32. The number of carbonyl (C=O) groups excluding carboxylic acids is 1. The molecule has 0 aliphatic carbocycles. The van der Waals surface area contributed by atoms with Crippen molar-refractivity contribution in [1.82, 2.24) is 5.43 Å². The van der Waals surface area contributed by atoms with Crippen molar-refractivity contribution in [3.63, 3.8) is 0 Å². The number of hydrogen-bond donors (Lipinski definition) is 1. The lowest BCUT2D eigenvalue weighted by atomic mass is 10.2. The Balaban J connectivity index is 1.59. The van der Waals surface area contributed by atoms with E-state index in [0.29, 0.717) is 39.0 Å². The van der Waals surface area contributed by atoms with Gasteiger partial charge in [-0.25, -0.2) is 9.82 Å². The maximum atomic E-state index is 13.2. The molecular formula is C23H20ClFN2O4. The number of halogens is 2. The number of nitrogens with one attached hydrogen (secondary N) is 1. The van der Waals surface area contributed by atoms with Crippen LogP contribution in [-0.4, -0.2) is 26.3 Å². The van der Waals surface area contributed by atoms with Crippen molar-refractivity contribution in [3.8, 4) is 17.2 Å². The van der Waals surface area contributed by atoms with E-state index in [1.165, 1.54) is 32.6 Å². The molecule has 0 unspecified atom stereocenters. The van der Waals surface area contributed by atoms with Crippen LogP contribution >= 0.6 is 11.6 Å². The molecule has 0 aromatic heterocycles. The zero-order valence-corrected chi connectivity index (χ0v) is 17.7. The molecule has 0 bridgehead atoms. The molecule has 0 saturated carbocycles. The SMILES string of the molecule is COc1ccc(C(=O)N/N=C/c2ccc(OCc3cccc(F)c3)c(Cl)c2)cc1OC. The minimum atomic E-state index is -0.404. The third-order valence-corrected chi connectivity index (χ3v) is 4.56. The van der Waals surface area contributed by atoms with Gasteiger partial charge >= 0.3 is 0 Å². The van der Waals surface area contributed by atoms with E-state index < -0.39 is 5.91 Å². The predicted octanol–water partition coefficient (Wildman–Crippen LogP) is 4.84. The quantitative estimate of drug-likeness (QED) is 0.400. The topological polar surface area (TPSA) is 69.2 Å². The molecule has 31 heavy (non-hydrogen) atoms. The zero-order valence-electron chi connectivity index (χ0n) is 16.9. The fraction of sp³-hybridized carbons (Fsp3) is 0.130. The number of hydrogen-bond acceptors (Lipinski definition) is 5. The largest absolute Gasteiger partial charge is 0.493 e. The third-order valence-electron chi connectivity index (χ3n) is 4.26. The van der Waals surface area contributed by atoms with Crippen molar-refractivity contribution in [2.24, 2.45) is 5.10 Å². The molecule has 3 aromatic carbocycles. The molecule has 0 aliphatic heterocycles. The Morgan fingerprint density at radius 2 is 1.81 bits per heavy atom. The van der Waals surface area contributed by atoms with Crippen LogP contribution in [0.1, 0.15) is 21.5 Å². The summed E-state index contributed by atoms with van der Waals surface area (Å²) in [5, 5.41) is 4.32. The standard InChI is InChI=1S/C23H20ClFN2O4/c1-29-21-9-7-17(12-22(21)30-2)23(28)27-26-13-15-6-8-20(19(24)11-15)31-14-16-4-3-5-18(25)10-16/h3-13H,14H2,1-2H3,(H,27,28)/b26-13+. The van der Waals surface area contributed by atoms with E-state index in [2.05, 4.69) is 10.5 Å². The first kappa shape index (κ1) is 22.1. The summed E-state index contributed by atoms with van der Waals surface area (Å²) in [5.41, 5.74) is 4.17.